The number of nitrogens with one attached hydrogen (secondary N) is 1. The van der Waals surface area contributed by atoms with Gasteiger partial charge in [0, 0.05) is 44.8 Å². The molecule has 4 aromatic rings. The zero-order valence-electron chi connectivity index (χ0n) is 17.8. The number of rotatable bonds is 3. The molecule has 0 amide bonds. The fourth-order valence-electron chi connectivity index (χ4n) is 3.98. The van der Waals surface area contributed by atoms with Crippen molar-refractivity contribution < 1.29 is 0 Å². The molecule has 0 spiro atoms. The van der Waals surface area contributed by atoms with Gasteiger partial charge in [0.2, 0.25) is 11.9 Å². The third-order valence-electron chi connectivity index (χ3n) is 5.63. The number of aromatic nitrogens is 6. The molecule has 0 bridgehead atoms. The van der Waals surface area contributed by atoms with Crippen LogP contribution >= 0.6 is 0 Å². The van der Waals surface area contributed by atoms with Gasteiger partial charge in [-0.25, -0.2) is 24.3 Å². The number of fused-ring (bicyclic) bond motifs is 1. The van der Waals surface area contributed by atoms with Gasteiger partial charge in [-0.3, -0.25) is 9.78 Å². The van der Waals surface area contributed by atoms with Crippen LogP contribution in [0.3, 0.4) is 0 Å². The summed E-state index contributed by atoms with van der Waals surface area (Å²) >= 11 is 0. The Morgan fingerprint density at radius 2 is 1.59 bits per heavy atom. The molecule has 1 N–H and O–H groups in total. The van der Waals surface area contributed by atoms with Crippen LogP contribution in [0.2, 0.25) is 0 Å². The Labute approximate surface area is 183 Å². The zero-order chi connectivity index (χ0) is 22.2. The number of hydrogen-bond donors (Lipinski definition) is 1. The quantitative estimate of drug-likeness (QED) is 0.516. The third-order valence-corrected chi connectivity index (χ3v) is 5.63. The monoisotopic (exact) mass is 430 g/mol. The van der Waals surface area contributed by atoms with Crippen LogP contribution in [0.1, 0.15) is 11.1 Å². The van der Waals surface area contributed by atoms with Crippen LogP contribution in [-0.4, -0.2) is 55.7 Å². The fraction of sp³-hybridized carbons (Fsp3) is 0.273. The lowest BCUT2D eigenvalue weighted by Crippen LogP contribution is -2.47. The topological polar surface area (TPSA) is 113 Å². The first-order valence-corrected chi connectivity index (χ1v) is 10.4. The highest BCUT2D eigenvalue weighted by Gasteiger charge is 2.22. The Morgan fingerprint density at radius 3 is 2.28 bits per heavy atom. The number of anilines is 2. The molecule has 4 heterocycles. The predicted octanol–water partition coefficient (Wildman–Crippen LogP) is 1.20. The number of benzene rings is 1. The molecule has 1 saturated heterocycles. The predicted molar refractivity (Wildman–Crippen MR) is 122 cm³/mol. The van der Waals surface area contributed by atoms with E-state index in [0.29, 0.717) is 30.7 Å². The van der Waals surface area contributed by atoms with Gasteiger partial charge in [-0.15, -0.1) is 0 Å². The number of H-pyrrole nitrogens is 1. The van der Waals surface area contributed by atoms with Crippen molar-refractivity contribution in [1.82, 2.24) is 29.5 Å². The van der Waals surface area contributed by atoms with Gasteiger partial charge in [0.05, 0.1) is 5.69 Å². The number of hydrogen-bond acceptors (Lipinski definition) is 8. The summed E-state index contributed by atoms with van der Waals surface area (Å²) in [5.41, 5.74) is 1.73. The van der Waals surface area contributed by atoms with Crippen molar-refractivity contribution in [1.29, 1.82) is 0 Å². The number of aromatic amines is 1. The SMILES string of the molecule is Cc1ccc(-n2c(=O)[nH]c3nc(N4CCN(c5ncccn5)CC4)ncc3c2=O)c(C)c1. The maximum absolute atomic E-state index is 13.1. The smallest absolute Gasteiger partial charge is 0.334 e. The van der Waals surface area contributed by atoms with Crippen molar-refractivity contribution in [2.75, 3.05) is 36.0 Å². The molecule has 1 fully saturated rings. The van der Waals surface area contributed by atoms with E-state index >= 15 is 0 Å². The van der Waals surface area contributed by atoms with Crippen LogP contribution in [0.4, 0.5) is 11.9 Å². The van der Waals surface area contributed by atoms with Gasteiger partial charge in [0.1, 0.15) is 5.39 Å². The molecule has 32 heavy (non-hydrogen) atoms. The second-order valence-electron chi connectivity index (χ2n) is 7.82. The highest BCUT2D eigenvalue weighted by molar-refractivity contribution is 5.74. The maximum atomic E-state index is 13.1. The van der Waals surface area contributed by atoms with Gasteiger partial charge in [-0.2, -0.15) is 4.98 Å². The lowest BCUT2D eigenvalue weighted by atomic mass is 10.1. The Bertz CT molecular complexity index is 1410. The van der Waals surface area contributed by atoms with E-state index in [0.717, 1.165) is 28.8 Å². The lowest BCUT2D eigenvalue weighted by Gasteiger charge is -2.34. The maximum Gasteiger partial charge on any atom is 0.334 e. The molecule has 0 radical (unpaired) electrons. The Hall–Kier alpha value is -4.08. The molecule has 0 saturated carbocycles. The van der Waals surface area contributed by atoms with E-state index < -0.39 is 11.2 Å². The molecule has 10 nitrogen and oxygen atoms in total. The van der Waals surface area contributed by atoms with Crippen LogP contribution in [0.5, 0.6) is 0 Å². The fourth-order valence-corrected chi connectivity index (χ4v) is 3.98. The van der Waals surface area contributed by atoms with Crippen LogP contribution in [-0.2, 0) is 0 Å². The normalized spacial score (nSPS) is 14.2. The molecule has 1 aromatic carbocycles. The van der Waals surface area contributed by atoms with Crippen molar-refractivity contribution in [2.45, 2.75) is 13.8 Å². The molecule has 5 rings (SSSR count). The summed E-state index contributed by atoms with van der Waals surface area (Å²) in [6.45, 7) is 6.62. The summed E-state index contributed by atoms with van der Waals surface area (Å²) in [5, 5.41) is 0.268. The van der Waals surface area contributed by atoms with E-state index in [2.05, 4.69) is 29.8 Å². The minimum Gasteiger partial charge on any atom is -0.337 e. The van der Waals surface area contributed by atoms with Crippen LogP contribution in [0.15, 0.2) is 52.4 Å². The summed E-state index contributed by atoms with van der Waals surface area (Å²) < 4.78 is 1.14. The largest absolute Gasteiger partial charge is 0.337 e. The minimum atomic E-state index is -0.523. The van der Waals surface area contributed by atoms with E-state index in [9.17, 15) is 9.59 Å². The highest BCUT2D eigenvalue weighted by atomic mass is 16.2. The molecular weight excluding hydrogens is 408 g/mol. The first-order chi connectivity index (χ1) is 15.5. The van der Waals surface area contributed by atoms with Gasteiger partial charge in [-0.1, -0.05) is 17.7 Å². The molecule has 3 aromatic heterocycles. The average Bonchev–Trinajstić information content (AvgIpc) is 2.81. The second-order valence-corrected chi connectivity index (χ2v) is 7.82. The summed E-state index contributed by atoms with van der Waals surface area (Å²) in [6, 6.07) is 7.37. The number of piperazine rings is 1. The van der Waals surface area contributed by atoms with Crippen molar-refractivity contribution in [3.8, 4) is 5.69 Å². The van der Waals surface area contributed by atoms with E-state index in [-0.39, 0.29) is 11.0 Å². The zero-order valence-corrected chi connectivity index (χ0v) is 17.8. The summed E-state index contributed by atoms with van der Waals surface area (Å²) in [7, 11) is 0. The summed E-state index contributed by atoms with van der Waals surface area (Å²) in [4.78, 5) is 50.3. The van der Waals surface area contributed by atoms with Crippen LogP contribution in [0, 0.1) is 13.8 Å². The Balaban J connectivity index is 1.45. The van der Waals surface area contributed by atoms with Crippen molar-refractivity contribution in [3.05, 3.63) is 74.8 Å². The molecule has 1 aliphatic heterocycles. The van der Waals surface area contributed by atoms with Crippen LogP contribution in [0.25, 0.3) is 16.7 Å². The molecule has 162 valence electrons. The molecular formula is C22H22N8O2. The first kappa shape index (κ1) is 19.9. The van der Waals surface area contributed by atoms with Gasteiger partial charge in [0.15, 0.2) is 5.65 Å². The number of aryl methyl sites for hydroxylation is 2. The number of nitrogens with zero attached hydrogens (tertiary/aromatic N) is 7. The molecule has 0 aliphatic carbocycles. The second kappa shape index (κ2) is 7.88. The van der Waals surface area contributed by atoms with E-state index in [4.69, 9.17) is 0 Å². The average molecular weight is 430 g/mol. The lowest BCUT2D eigenvalue weighted by molar-refractivity contribution is 0.628. The Morgan fingerprint density at radius 1 is 0.906 bits per heavy atom. The Kier molecular flexibility index (Phi) is 4.89. The standard InChI is InChI=1S/C22H22N8O2/c1-14-4-5-17(15(2)12-14)30-19(31)16-13-25-21(26-18(16)27-22(30)32)29-10-8-28(9-11-29)20-23-6-3-7-24-20/h3-7,12-13H,8-11H2,1-2H3,(H,25,26,27,32). The van der Waals surface area contributed by atoms with Crippen LogP contribution < -0.4 is 21.0 Å². The summed E-state index contributed by atoms with van der Waals surface area (Å²) in [6.07, 6.45) is 4.94. The van der Waals surface area contributed by atoms with E-state index in [1.165, 1.54) is 6.20 Å². The van der Waals surface area contributed by atoms with Gasteiger partial charge >= 0.3 is 5.69 Å². The third kappa shape index (κ3) is 3.49. The van der Waals surface area contributed by atoms with E-state index in [1.807, 2.05) is 30.9 Å². The minimum absolute atomic E-state index is 0.236. The van der Waals surface area contributed by atoms with Crippen molar-refractivity contribution >= 4 is 22.9 Å². The van der Waals surface area contributed by atoms with E-state index in [1.54, 1.807) is 24.5 Å². The van der Waals surface area contributed by atoms with Crippen molar-refractivity contribution in [2.24, 2.45) is 0 Å². The van der Waals surface area contributed by atoms with Crippen molar-refractivity contribution in [3.63, 3.8) is 0 Å². The van der Waals surface area contributed by atoms with Gasteiger partial charge in [0.25, 0.3) is 5.56 Å². The molecule has 0 atom stereocenters. The van der Waals surface area contributed by atoms with Gasteiger partial charge < -0.3 is 9.80 Å². The molecule has 10 heteroatoms. The highest BCUT2D eigenvalue weighted by Crippen LogP contribution is 2.17. The summed E-state index contributed by atoms with van der Waals surface area (Å²) in [5.74, 6) is 1.17. The first-order valence-electron chi connectivity index (χ1n) is 10.4. The molecule has 0 unspecified atom stereocenters. The van der Waals surface area contributed by atoms with Gasteiger partial charge in [-0.05, 0) is 31.5 Å². The molecule has 1 aliphatic rings.